The lowest BCUT2D eigenvalue weighted by Crippen LogP contribution is -2.37. The summed E-state index contributed by atoms with van der Waals surface area (Å²) < 4.78 is 0. The minimum absolute atomic E-state index is 0.297. The molecule has 0 aliphatic carbocycles. The number of urea groups is 1. The molecule has 1 unspecified atom stereocenters. The molecule has 0 fully saturated rings. The summed E-state index contributed by atoms with van der Waals surface area (Å²) in [4.78, 5) is 11.5. The monoisotopic (exact) mass is 231 g/mol. The Bertz CT molecular complexity index is 383. The molecule has 17 heavy (non-hydrogen) atoms. The molecule has 2 N–H and O–H groups in total. The standard InChI is InChI=1S/C13H17N3O/c1-2-3-9-15-13(17)16-12(10-14)11-7-5-4-6-8-11/h4-8,12H,2-3,9H2,1H3,(H2,15,16,17). The lowest BCUT2D eigenvalue weighted by atomic mass is 10.1. The fourth-order valence-corrected chi connectivity index (χ4v) is 1.40. The molecule has 0 saturated heterocycles. The van der Waals surface area contributed by atoms with Crippen LogP contribution in [0.2, 0.25) is 0 Å². The van der Waals surface area contributed by atoms with E-state index in [1.54, 1.807) is 0 Å². The van der Waals surface area contributed by atoms with Gasteiger partial charge in [-0.1, -0.05) is 43.7 Å². The molecule has 1 aromatic carbocycles. The van der Waals surface area contributed by atoms with Crippen LogP contribution in [0, 0.1) is 11.3 Å². The van der Waals surface area contributed by atoms with Gasteiger partial charge in [-0.25, -0.2) is 4.79 Å². The lowest BCUT2D eigenvalue weighted by molar-refractivity contribution is 0.239. The topological polar surface area (TPSA) is 64.9 Å². The van der Waals surface area contributed by atoms with Crippen molar-refractivity contribution in [2.75, 3.05) is 6.54 Å². The van der Waals surface area contributed by atoms with Crippen molar-refractivity contribution in [3.8, 4) is 6.07 Å². The van der Waals surface area contributed by atoms with Gasteiger partial charge in [-0.15, -0.1) is 0 Å². The van der Waals surface area contributed by atoms with Gasteiger partial charge >= 0.3 is 6.03 Å². The highest BCUT2D eigenvalue weighted by molar-refractivity contribution is 5.74. The van der Waals surface area contributed by atoms with Gasteiger partial charge in [0, 0.05) is 6.54 Å². The molecule has 0 bridgehead atoms. The second-order valence-corrected chi connectivity index (χ2v) is 3.73. The smallest absolute Gasteiger partial charge is 0.316 e. The molecule has 90 valence electrons. The number of hydrogen-bond acceptors (Lipinski definition) is 2. The molecule has 1 rings (SSSR count). The summed E-state index contributed by atoms with van der Waals surface area (Å²) in [6, 6.07) is 10.4. The summed E-state index contributed by atoms with van der Waals surface area (Å²) in [7, 11) is 0. The predicted molar refractivity (Wildman–Crippen MR) is 66.2 cm³/mol. The van der Waals surface area contributed by atoms with E-state index < -0.39 is 6.04 Å². The van der Waals surface area contributed by atoms with Crippen molar-refractivity contribution in [2.24, 2.45) is 0 Å². The SMILES string of the molecule is CCCCNC(=O)NC(C#N)c1ccccc1. The first-order chi connectivity index (χ1) is 8.27. The van der Waals surface area contributed by atoms with Crippen LogP contribution in [0.3, 0.4) is 0 Å². The molecule has 0 spiro atoms. The third-order valence-corrected chi connectivity index (χ3v) is 2.35. The third-order valence-electron chi connectivity index (χ3n) is 2.35. The van der Waals surface area contributed by atoms with E-state index in [1.807, 2.05) is 30.3 Å². The number of benzene rings is 1. The van der Waals surface area contributed by atoms with Gasteiger partial charge in [-0.3, -0.25) is 0 Å². The van der Waals surface area contributed by atoms with Gasteiger partial charge in [-0.2, -0.15) is 5.26 Å². The van der Waals surface area contributed by atoms with Gasteiger partial charge in [0.05, 0.1) is 6.07 Å². The number of amides is 2. The average molecular weight is 231 g/mol. The zero-order chi connectivity index (χ0) is 12.5. The fraction of sp³-hybridized carbons (Fsp3) is 0.385. The van der Waals surface area contributed by atoms with Crippen molar-refractivity contribution in [1.82, 2.24) is 10.6 Å². The molecule has 0 aliphatic rings. The van der Waals surface area contributed by atoms with Crippen molar-refractivity contribution >= 4 is 6.03 Å². The number of unbranched alkanes of at least 4 members (excludes halogenated alkanes) is 1. The number of rotatable bonds is 5. The van der Waals surface area contributed by atoms with Crippen LogP contribution in [0.25, 0.3) is 0 Å². The predicted octanol–water partition coefficient (Wildman–Crippen LogP) is 2.35. The van der Waals surface area contributed by atoms with E-state index >= 15 is 0 Å². The van der Waals surface area contributed by atoms with Crippen LogP contribution in [0.5, 0.6) is 0 Å². The first-order valence-electron chi connectivity index (χ1n) is 5.77. The molecule has 0 aromatic heterocycles. The Kier molecular flexibility index (Phi) is 5.59. The van der Waals surface area contributed by atoms with E-state index in [4.69, 9.17) is 5.26 Å². The van der Waals surface area contributed by atoms with Crippen LogP contribution in [0.4, 0.5) is 4.79 Å². The van der Waals surface area contributed by atoms with Gasteiger partial charge in [0.1, 0.15) is 6.04 Å². The van der Waals surface area contributed by atoms with E-state index in [0.29, 0.717) is 6.54 Å². The molecule has 4 nitrogen and oxygen atoms in total. The maximum absolute atomic E-state index is 11.5. The molecule has 0 heterocycles. The number of nitriles is 1. The van der Waals surface area contributed by atoms with Crippen LogP contribution in [0.1, 0.15) is 31.4 Å². The summed E-state index contributed by atoms with van der Waals surface area (Å²) in [5.74, 6) is 0. The Labute approximate surface area is 102 Å². The van der Waals surface area contributed by atoms with Crippen LogP contribution in [-0.2, 0) is 0 Å². The molecular weight excluding hydrogens is 214 g/mol. The quantitative estimate of drug-likeness (QED) is 0.764. The minimum atomic E-state index is -0.599. The Morgan fingerprint density at radius 3 is 2.71 bits per heavy atom. The molecule has 4 heteroatoms. The fourth-order valence-electron chi connectivity index (χ4n) is 1.40. The van der Waals surface area contributed by atoms with Gasteiger partial charge in [0.2, 0.25) is 0 Å². The number of nitrogens with zero attached hydrogens (tertiary/aromatic N) is 1. The van der Waals surface area contributed by atoms with Gasteiger partial charge in [0.25, 0.3) is 0 Å². The maximum atomic E-state index is 11.5. The lowest BCUT2D eigenvalue weighted by Gasteiger charge is -2.12. The zero-order valence-corrected chi connectivity index (χ0v) is 9.94. The Morgan fingerprint density at radius 1 is 1.41 bits per heavy atom. The molecule has 0 radical (unpaired) electrons. The first-order valence-corrected chi connectivity index (χ1v) is 5.77. The van der Waals surface area contributed by atoms with Crippen molar-refractivity contribution in [3.63, 3.8) is 0 Å². The summed E-state index contributed by atoms with van der Waals surface area (Å²) in [6.45, 7) is 2.69. The Morgan fingerprint density at radius 2 is 2.12 bits per heavy atom. The first kappa shape index (κ1) is 13.0. The highest BCUT2D eigenvalue weighted by Crippen LogP contribution is 2.10. The number of carbonyl (C=O) groups is 1. The van der Waals surface area contributed by atoms with E-state index in [2.05, 4.69) is 23.6 Å². The number of nitrogens with one attached hydrogen (secondary N) is 2. The van der Waals surface area contributed by atoms with Crippen molar-refractivity contribution in [1.29, 1.82) is 5.26 Å². The molecular formula is C13H17N3O. The highest BCUT2D eigenvalue weighted by Gasteiger charge is 2.12. The normalized spacial score (nSPS) is 11.3. The van der Waals surface area contributed by atoms with Crippen LogP contribution >= 0.6 is 0 Å². The Hall–Kier alpha value is -2.02. The highest BCUT2D eigenvalue weighted by atomic mass is 16.2. The molecule has 2 amide bonds. The van der Waals surface area contributed by atoms with E-state index in [1.165, 1.54) is 0 Å². The molecule has 0 aliphatic heterocycles. The second-order valence-electron chi connectivity index (χ2n) is 3.73. The van der Waals surface area contributed by atoms with Gasteiger partial charge in [-0.05, 0) is 12.0 Å². The van der Waals surface area contributed by atoms with Crippen LogP contribution in [0.15, 0.2) is 30.3 Å². The van der Waals surface area contributed by atoms with Crippen molar-refractivity contribution < 1.29 is 4.79 Å². The summed E-state index contributed by atoms with van der Waals surface area (Å²) in [5, 5.41) is 14.4. The maximum Gasteiger partial charge on any atom is 0.316 e. The molecule has 1 atom stereocenters. The third kappa shape index (κ3) is 4.56. The van der Waals surface area contributed by atoms with Crippen LogP contribution in [-0.4, -0.2) is 12.6 Å². The average Bonchev–Trinajstić information content (AvgIpc) is 2.37. The zero-order valence-electron chi connectivity index (χ0n) is 9.94. The molecule has 0 saturated carbocycles. The number of hydrogen-bond donors (Lipinski definition) is 2. The summed E-state index contributed by atoms with van der Waals surface area (Å²) in [6.07, 6.45) is 1.97. The van der Waals surface area contributed by atoms with E-state index in [-0.39, 0.29) is 6.03 Å². The van der Waals surface area contributed by atoms with Crippen molar-refractivity contribution in [3.05, 3.63) is 35.9 Å². The Balaban J connectivity index is 2.48. The second kappa shape index (κ2) is 7.29. The summed E-state index contributed by atoms with van der Waals surface area (Å²) >= 11 is 0. The number of carbonyl (C=O) groups excluding carboxylic acids is 1. The van der Waals surface area contributed by atoms with Crippen LogP contribution < -0.4 is 10.6 Å². The molecule has 1 aromatic rings. The minimum Gasteiger partial charge on any atom is -0.338 e. The summed E-state index contributed by atoms with van der Waals surface area (Å²) in [5.41, 5.74) is 0.792. The van der Waals surface area contributed by atoms with Gasteiger partial charge in [0.15, 0.2) is 0 Å². The van der Waals surface area contributed by atoms with Gasteiger partial charge < -0.3 is 10.6 Å². The van der Waals surface area contributed by atoms with E-state index in [9.17, 15) is 4.79 Å². The largest absolute Gasteiger partial charge is 0.338 e. The van der Waals surface area contributed by atoms with E-state index in [0.717, 1.165) is 18.4 Å². The van der Waals surface area contributed by atoms with Crippen molar-refractivity contribution in [2.45, 2.75) is 25.8 Å².